The lowest BCUT2D eigenvalue weighted by Crippen LogP contribution is -2.47. The lowest BCUT2D eigenvalue weighted by molar-refractivity contribution is 0.222. The normalized spacial score (nSPS) is 16.9. The molecular weight excluding hydrogens is 324 g/mol. The first-order valence-corrected chi connectivity index (χ1v) is 9.42. The molecule has 3 rings (SSSR count). The van der Waals surface area contributed by atoms with Gasteiger partial charge in [0.15, 0.2) is 0 Å². The minimum absolute atomic E-state index is 0.248. The van der Waals surface area contributed by atoms with Crippen LogP contribution >= 0.6 is 0 Å². The number of benzene rings is 1. The van der Waals surface area contributed by atoms with E-state index in [0.717, 1.165) is 18.7 Å². The van der Waals surface area contributed by atoms with Gasteiger partial charge < -0.3 is 10.2 Å². The van der Waals surface area contributed by atoms with Crippen molar-refractivity contribution in [3.05, 3.63) is 54.2 Å². The summed E-state index contributed by atoms with van der Waals surface area (Å²) in [5, 5.41) is 3.20. The van der Waals surface area contributed by atoms with E-state index in [9.17, 15) is 8.42 Å². The maximum absolute atomic E-state index is 12.6. The van der Waals surface area contributed by atoms with E-state index in [1.165, 1.54) is 10.5 Å². The average molecular weight is 346 g/mol. The molecular formula is C17H22N4O2S. The number of likely N-dealkylation sites (N-methyl/N-ethyl adjacent to an activating group) is 1. The molecule has 0 bridgehead atoms. The molecule has 6 nitrogen and oxygen atoms in total. The van der Waals surface area contributed by atoms with Crippen molar-refractivity contribution < 1.29 is 8.42 Å². The lowest BCUT2D eigenvalue weighted by atomic mass is 10.2. The van der Waals surface area contributed by atoms with Gasteiger partial charge in [-0.1, -0.05) is 30.3 Å². The van der Waals surface area contributed by atoms with Gasteiger partial charge in [0, 0.05) is 38.9 Å². The van der Waals surface area contributed by atoms with Crippen LogP contribution in [0.1, 0.15) is 5.56 Å². The first-order chi connectivity index (χ1) is 11.6. The number of piperazine rings is 1. The molecule has 0 saturated carbocycles. The smallest absolute Gasteiger partial charge is 0.244 e. The number of nitrogens with zero attached hydrogens (tertiary/aromatic N) is 3. The topological polar surface area (TPSA) is 65.5 Å². The summed E-state index contributed by atoms with van der Waals surface area (Å²) in [5.41, 5.74) is 1.15. The summed E-state index contributed by atoms with van der Waals surface area (Å²) in [4.78, 5) is 6.62. The maximum Gasteiger partial charge on any atom is 0.244 e. The first kappa shape index (κ1) is 16.9. The number of nitrogens with one attached hydrogen (secondary N) is 1. The number of aromatic nitrogens is 1. The molecule has 128 valence electrons. The monoisotopic (exact) mass is 346 g/mol. The Morgan fingerprint density at radius 2 is 1.75 bits per heavy atom. The number of anilines is 1. The zero-order valence-corrected chi connectivity index (χ0v) is 14.5. The van der Waals surface area contributed by atoms with E-state index in [2.05, 4.69) is 15.2 Å². The Bertz CT molecular complexity index is 755. The average Bonchev–Trinajstić information content (AvgIpc) is 2.61. The number of pyridine rings is 1. The zero-order chi connectivity index (χ0) is 17.0. The maximum atomic E-state index is 12.6. The molecule has 24 heavy (non-hydrogen) atoms. The summed E-state index contributed by atoms with van der Waals surface area (Å²) < 4.78 is 26.8. The molecule has 1 aliphatic rings. The highest BCUT2D eigenvalue weighted by molar-refractivity contribution is 7.89. The van der Waals surface area contributed by atoms with Crippen LogP contribution in [0.4, 0.5) is 5.82 Å². The summed E-state index contributed by atoms with van der Waals surface area (Å²) in [5.74, 6) is 0.663. The van der Waals surface area contributed by atoms with Gasteiger partial charge in [-0.25, -0.2) is 13.4 Å². The second-order valence-electron chi connectivity index (χ2n) is 5.93. The van der Waals surface area contributed by atoms with E-state index < -0.39 is 10.0 Å². The van der Waals surface area contributed by atoms with Crippen molar-refractivity contribution in [2.24, 2.45) is 0 Å². The van der Waals surface area contributed by atoms with Gasteiger partial charge in [0.25, 0.3) is 0 Å². The van der Waals surface area contributed by atoms with Crippen LogP contribution in [0.5, 0.6) is 0 Å². The van der Waals surface area contributed by atoms with Crippen LogP contribution in [0.15, 0.2) is 53.6 Å². The highest BCUT2D eigenvalue weighted by atomic mass is 32.2. The fourth-order valence-electron chi connectivity index (χ4n) is 2.60. The van der Waals surface area contributed by atoms with E-state index in [4.69, 9.17) is 0 Å². The predicted octanol–water partition coefficient (Wildman–Crippen LogP) is 1.63. The summed E-state index contributed by atoms with van der Waals surface area (Å²) in [6.07, 6.45) is 1.43. The minimum atomic E-state index is -3.45. The molecule has 1 aromatic carbocycles. The summed E-state index contributed by atoms with van der Waals surface area (Å²) in [6.45, 7) is 3.20. The largest absolute Gasteiger partial charge is 0.366 e. The van der Waals surface area contributed by atoms with E-state index >= 15 is 0 Å². The Morgan fingerprint density at radius 3 is 2.38 bits per heavy atom. The third-order valence-corrected chi connectivity index (χ3v) is 6.04. The summed E-state index contributed by atoms with van der Waals surface area (Å²) >= 11 is 0. The molecule has 7 heteroatoms. The Hall–Kier alpha value is -1.96. The van der Waals surface area contributed by atoms with Gasteiger partial charge in [0.05, 0.1) is 0 Å². The third-order valence-electron chi connectivity index (χ3n) is 4.15. The molecule has 0 radical (unpaired) electrons. The number of sulfonamides is 1. The summed E-state index contributed by atoms with van der Waals surface area (Å²) in [7, 11) is -1.45. The molecule has 2 heterocycles. The van der Waals surface area contributed by atoms with Crippen LogP contribution in [0, 0.1) is 0 Å². The molecule has 0 spiro atoms. The molecule has 0 aliphatic carbocycles. The second-order valence-corrected chi connectivity index (χ2v) is 7.86. The van der Waals surface area contributed by atoms with Crippen molar-refractivity contribution >= 4 is 15.8 Å². The van der Waals surface area contributed by atoms with E-state index in [1.54, 1.807) is 12.1 Å². The lowest BCUT2D eigenvalue weighted by Gasteiger charge is -2.31. The van der Waals surface area contributed by atoms with Crippen molar-refractivity contribution in [1.82, 2.24) is 14.2 Å². The van der Waals surface area contributed by atoms with Crippen LogP contribution in [-0.2, 0) is 16.6 Å². The van der Waals surface area contributed by atoms with E-state index in [0.29, 0.717) is 25.5 Å². The van der Waals surface area contributed by atoms with E-state index in [1.807, 2.05) is 37.4 Å². The molecule has 1 saturated heterocycles. The van der Waals surface area contributed by atoms with Gasteiger partial charge >= 0.3 is 0 Å². The van der Waals surface area contributed by atoms with Crippen LogP contribution in [0.3, 0.4) is 0 Å². The molecule has 2 aromatic rings. The predicted molar refractivity (Wildman–Crippen MR) is 94.3 cm³/mol. The molecule has 1 N–H and O–H groups in total. The van der Waals surface area contributed by atoms with Gasteiger partial charge in [-0.2, -0.15) is 4.31 Å². The number of hydrogen-bond donors (Lipinski definition) is 1. The standard InChI is InChI=1S/C17H22N4O2S/c1-20-9-11-21(12-10-20)24(22,23)16-7-8-17(19-14-16)18-13-15-5-3-2-4-6-15/h2-8,14H,9-13H2,1H3,(H,18,19). The van der Waals surface area contributed by atoms with Crippen LogP contribution < -0.4 is 5.32 Å². The second kappa shape index (κ2) is 7.29. The van der Waals surface area contributed by atoms with Crippen LogP contribution in [0.25, 0.3) is 0 Å². The quantitative estimate of drug-likeness (QED) is 0.891. The highest BCUT2D eigenvalue weighted by Gasteiger charge is 2.27. The molecule has 1 aliphatic heterocycles. The van der Waals surface area contributed by atoms with Crippen LogP contribution in [0.2, 0.25) is 0 Å². The van der Waals surface area contributed by atoms with E-state index in [-0.39, 0.29) is 4.90 Å². The number of hydrogen-bond acceptors (Lipinski definition) is 5. The van der Waals surface area contributed by atoms with Crippen molar-refractivity contribution in [2.75, 3.05) is 38.5 Å². The van der Waals surface area contributed by atoms with Gasteiger partial charge in [-0.15, -0.1) is 0 Å². The Balaban J connectivity index is 1.65. The van der Waals surface area contributed by atoms with Crippen molar-refractivity contribution in [3.63, 3.8) is 0 Å². The van der Waals surface area contributed by atoms with Gasteiger partial charge in [0.2, 0.25) is 10.0 Å². The van der Waals surface area contributed by atoms with Gasteiger partial charge in [-0.05, 0) is 24.7 Å². The molecule has 0 amide bonds. The van der Waals surface area contributed by atoms with Crippen molar-refractivity contribution in [1.29, 1.82) is 0 Å². The Morgan fingerprint density at radius 1 is 1.04 bits per heavy atom. The van der Waals surface area contributed by atoms with Crippen molar-refractivity contribution in [2.45, 2.75) is 11.4 Å². The summed E-state index contributed by atoms with van der Waals surface area (Å²) in [6, 6.07) is 13.3. The Labute approximate surface area is 143 Å². The minimum Gasteiger partial charge on any atom is -0.366 e. The fourth-order valence-corrected chi connectivity index (χ4v) is 3.97. The van der Waals surface area contributed by atoms with Gasteiger partial charge in [0.1, 0.15) is 10.7 Å². The highest BCUT2D eigenvalue weighted by Crippen LogP contribution is 2.18. The molecule has 0 atom stereocenters. The molecule has 0 unspecified atom stereocenters. The zero-order valence-electron chi connectivity index (χ0n) is 13.7. The number of rotatable bonds is 5. The fraction of sp³-hybridized carbons (Fsp3) is 0.353. The third kappa shape index (κ3) is 3.92. The van der Waals surface area contributed by atoms with Gasteiger partial charge in [-0.3, -0.25) is 0 Å². The molecule has 1 aromatic heterocycles. The van der Waals surface area contributed by atoms with Crippen LogP contribution in [-0.4, -0.2) is 55.8 Å². The first-order valence-electron chi connectivity index (χ1n) is 7.98. The van der Waals surface area contributed by atoms with Crippen molar-refractivity contribution in [3.8, 4) is 0 Å². The SMILES string of the molecule is CN1CCN(S(=O)(=O)c2ccc(NCc3ccccc3)nc2)CC1. The molecule has 1 fully saturated rings. The Kier molecular flexibility index (Phi) is 5.13.